The monoisotopic (exact) mass is 276 g/mol. The highest BCUT2D eigenvalue weighted by molar-refractivity contribution is 7.95. The van der Waals surface area contributed by atoms with E-state index in [1.807, 2.05) is 6.92 Å². The summed E-state index contributed by atoms with van der Waals surface area (Å²) in [5.41, 5.74) is -0.674. The standard InChI is InChI=1S/C13H24O4S/c1-7-13(8-9-13)18(15,16)12(5,6)10(14)17-11(2,3)4/h7-9H2,1-6H3. The predicted octanol–water partition coefficient (Wildman–Crippen LogP) is 2.46. The average Bonchev–Trinajstić information content (AvgIpc) is 2.95. The van der Waals surface area contributed by atoms with Gasteiger partial charge in [0.1, 0.15) is 5.60 Å². The van der Waals surface area contributed by atoms with Crippen molar-refractivity contribution in [1.82, 2.24) is 0 Å². The van der Waals surface area contributed by atoms with Crippen molar-refractivity contribution in [2.24, 2.45) is 0 Å². The van der Waals surface area contributed by atoms with Crippen molar-refractivity contribution < 1.29 is 17.9 Å². The maximum Gasteiger partial charge on any atom is 0.327 e. The number of sulfone groups is 1. The number of ether oxygens (including phenoxy) is 1. The van der Waals surface area contributed by atoms with Crippen LogP contribution in [0.5, 0.6) is 0 Å². The summed E-state index contributed by atoms with van der Waals surface area (Å²) in [5, 5.41) is 0. The zero-order chi connectivity index (χ0) is 14.4. The lowest BCUT2D eigenvalue weighted by Crippen LogP contribution is -2.49. The molecule has 0 unspecified atom stereocenters. The second-order valence-electron chi connectivity index (χ2n) is 6.55. The Morgan fingerprint density at radius 2 is 1.61 bits per heavy atom. The summed E-state index contributed by atoms with van der Waals surface area (Å²) in [4.78, 5) is 12.1. The van der Waals surface area contributed by atoms with Gasteiger partial charge in [0.25, 0.3) is 0 Å². The van der Waals surface area contributed by atoms with Crippen LogP contribution in [0.25, 0.3) is 0 Å². The van der Waals surface area contributed by atoms with Crippen LogP contribution in [-0.4, -0.2) is 29.5 Å². The molecule has 0 aromatic rings. The van der Waals surface area contributed by atoms with Gasteiger partial charge in [-0.05, 0) is 53.9 Å². The topological polar surface area (TPSA) is 60.4 Å². The molecule has 106 valence electrons. The van der Waals surface area contributed by atoms with Crippen LogP contribution in [0.2, 0.25) is 0 Å². The van der Waals surface area contributed by atoms with Crippen LogP contribution in [0.4, 0.5) is 0 Å². The van der Waals surface area contributed by atoms with Crippen LogP contribution in [0.3, 0.4) is 0 Å². The van der Waals surface area contributed by atoms with Gasteiger partial charge in [-0.3, -0.25) is 4.79 Å². The van der Waals surface area contributed by atoms with E-state index < -0.39 is 30.9 Å². The molecule has 1 aliphatic rings. The minimum atomic E-state index is -3.52. The van der Waals surface area contributed by atoms with Crippen LogP contribution in [0.15, 0.2) is 0 Å². The first-order valence-corrected chi connectivity index (χ1v) is 7.85. The largest absolute Gasteiger partial charge is 0.459 e. The first-order chi connectivity index (χ1) is 7.90. The lowest BCUT2D eigenvalue weighted by Gasteiger charge is -2.31. The summed E-state index contributed by atoms with van der Waals surface area (Å²) in [6.07, 6.45) is 1.86. The van der Waals surface area contributed by atoms with Gasteiger partial charge in [0.05, 0.1) is 4.75 Å². The highest BCUT2D eigenvalue weighted by Crippen LogP contribution is 2.50. The molecule has 5 heteroatoms. The Hall–Kier alpha value is -0.580. The Bertz CT molecular complexity index is 436. The third-order valence-corrected chi connectivity index (χ3v) is 6.93. The molecular formula is C13H24O4S. The van der Waals surface area contributed by atoms with E-state index in [2.05, 4.69) is 0 Å². The number of hydrogen-bond acceptors (Lipinski definition) is 4. The Balaban J connectivity index is 3.04. The van der Waals surface area contributed by atoms with Crippen LogP contribution < -0.4 is 0 Å². The fourth-order valence-corrected chi connectivity index (χ4v) is 4.37. The molecule has 0 radical (unpaired) electrons. The molecule has 0 aromatic heterocycles. The smallest absolute Gasteiger partial charge is 0.327 e. The van der Waals surface area contributed by atoms with Gasteiger partial charge in [-0.15, -0.1) is 0 Å². The normalized spacial score (nSPS) is 19.4. The van der Waals surface area contributed by atoms with Gasteiger partial charge in [-0.2, -0.15) is 0 Å². The molecule has 0 spiro atoms. The van der Waals surface area contributed by atoms with Gasteiger partial charge in [0, 0.05) is 0 Å². The van der Waals surface area contributed by atoms with Crippen LogP contribution in [-0.2, 0) is 19.4 Å². The third-order valence-electron chi connectivity index (χ3n) is 3.58. The third kappa shape index (κ3) is 2.42. The van der Waals surface area contributed by atoms with Gasteiger partial charge in [-0.1, -0.05) is 6.92 Å². The summed E-state index contributed by atoms with van der Waals surface area (Å²) in [5.74, 6) is -0.658. The van der Waals surface area contributed by atoms with Crippen molar-refractivity contribution in [3.05, 3.63) is 0 Å². The number of carbonyl (C=O) groups excluding carboxylic acids is 1. The summed E-state index contributed by atoms with van der Waals surface area (Å²) < 4.78 is 28.2. The van der Waals surface area contributed by atoms with Gasteiger partial charge < -0.3 is 4.74 Å². The molecule has 0 amide bonds. The number of esters is 1. The van der Waals surface area contributed by atoms with E-state index in [0.29, 0.717) is 19.3 Å². The quantitative estimate of drug-likeness (QED) is 0.740. The summed E-state index contributed by atoms with van der Waals surface area (Å²) >= 11 is 0. The van der Waals surface area contributed by atoms with Crippen molar-refractivity contribution in [2.75, 3.05) is 0 Å². The lowest BCUT2D eigenvalue weighted by atomic mass is 10.1. The second kappa shape index (κ2) is 4.22. The molecule has 4 nitrogen and oxygen atoms in total. The molecule has 0 atom stereocenters. The van der Waals surface area contributed by atoms with Crippen molar-refractivity contribution in [1.29, 1.82) is 0 Å². The van der Waals surface area contributed by atoms with E-state index in [1.54, 1.807) is 20.8 Å². The van der Waals surface area contributed by atoms with Crippen molar-refractivity contribution in [3.8, 4) is 0 Å². The van der Waals surface area contributed by atoms with Crippen molar-refractivity contribution in [3.63, 3.8) is 0 Å². The molecule has 0 N–H and O–H groups in total. The SMILES string of the molecule is CCC1(S(=O)(=O)C(C)(C)C(=O)OC(C)(C)C)CC1. The molecule has 1 rings (SSSR count). The van der Waals surface area contributed by atoms with E-state index in [9.17, 15) is 13.2 Å². The molecule has 0 heterocycles. The summed E-state index contributed by atoms with van der Waals surface area (Å²) in [6, 6.07) is 0. The minimum Gasteiger partial charge on any atom is -0.459 e. The van der Waals surface area contributed by atoms with Crippen molar-refractivity contribution >= 4 is 15.8 Å². The van der Waals surface area contributed by atoms with Crippen molar-refractivity contribution in [2.45, 2.75) is 75.9 Å². The zero-order valence-corrected chi connectivity index (χ0v) is 13.0. The molecular weight excluding hydrogens is 252 g/mol. The molecule has 1 aliphatic carbocycles. The van der Waals surface area contributed by atoms with E-state index in [0.717, 1.165) is 0 Å². The van der Waals surface area contributed by atoms with Crippen LogP contribution >= 0.6 is 0 Å². The highest BCUT2D eigenvalue weighted by Gasteiger charge is 2.61. The van der Waals surface area contributed by atoms with Gasteiger partial charge in [0.2, 0.25) is 0 Å². The molecule has 0 aliphatic heterocycles. The minimum absolute atomic E-state index is 0.557. The maximum absolute atomic E-state index is 12.6. The highest BCUT2D eigenvalue weighted by atomic mass is 32.2. The van der Waals surface area contributed by atoms with E-state index in [4.69, 9.17) is 4.74 Å². The second-order valence-corrected chi connectivity index (χ2v) is 9.45. The van der Waals surface area contributed by atoms with E-state index in [1.165, 1.54) is 13.8 Å². The Labute approximate surface area is 110 Å². The molecule has 1 saturated carbocycles. The van der Waals surface area contributed by atoms with Gasteiger partial charge in [0.15, 0.2) is 14.6 Å². The van der Waals surface area contributed by atoms with Gasteiger partial charge in [-0.25, -0.2) is 8.42 Å². The molecule has 0 aromatic carbocycles. The molecule has 0 bridgehead atoms. The summed E-state index contributed by atoms with van der Waals surface area (Å²) in [7, 11) is -3.52. The van der Waals surface area contributed by atoms with Gasteiger partial charge >= 0.3 is 5.97 Å². The maximum atomic E-state index is 12.6. The van der Waals surface area contributed by atoms with E-state index in [-0.39, 0.29) is 0 Å². The Morgan fingerprint density at radius 1 is 1.17 bits per heavy atom. The molecule has 18 heavy (non-hydrogen) atoms. The number of hydrogen-bond donors (Lipinski definition) is 0. The van der Waals surface area contributed by atoms with Crippen LogP contribution in [0.1, 0.15) is 60.8 Å². The Morgan fingerprint density at radius 3 is 1.89 bits per heavy atom. The van der Waals surface area contributed by atoms with E-state index >= 15 is 0 Å². The Kier molecular flexibility index (Phi) is 3.63. The fourth-order valence-electron chi connectivity index (χ4n) is 2.00. The first kappa shape index (κ1) is 15.5. The fraction of sp³-hybridized carbons (Fsp3) is 0.923. The zero-order valence-electron chi connectivity index (χ0n) is 12.2. The first-order valence-electron chi connectivity index (χ1n) is 6.37. The average molecular weight is 276 g/mol. The predicted molar refractivity (Wildman–Crippen MR) is 71.1 cm³/mol. The number of rotatable bonds is 4. The molecule has 1 fully saturated rings. The number of carbonyl (C=O) groups is 1. The van der Waals surface area contributed by atoms with Crippen LogP contribution in [0, 0.1) is 0 Å². The molecule has 0 saturated heterocycles. The lowest BCUT2D eigenvalue weighted by molar-refractivity contribution is -0.157. The summed E-state index contributed by atoms with van der Waals surface area (Å²) in [6.45, 7) is 9.97.